The van der Waals surface area contributed by atoms with Gasteiger partial charge in [0.25, 0.3) is 0 Å². The maximum Gasteiger partial charge on any atom is 2.00 e. The van der Waals surface area contributed by atoms with E-state index in [0.29, 0.717) is 0 Å². The molecular weight excluding hydrogens is 282 g/mol. The molecule has 4 heteroatoms. The molecule has 0 saturated carbocycles. The van der Waals surface area contributed by atoms with Gasteiger partial charge in [-0.1, -0.05) is 22.6 Å². The van der Waals surface area contributed by atoms with Crippen molar-refractivity contribution in [1.29, 1.82) is 0 Å². The summed E-state index contributed by atoms with van der Waals surface area (Å²) in [4.78, 5) is 0. The fourth-order valence-electron chi connectivity index (χ4n) is 0.169. The molecule has 0 fully saturated rings. The SMILES string of the molecule is C#CCCCI.[Cl-].[Cl-].[Mg+2]. The predicted molar refractivity (Wildman–Crippen MR) is 42.7 cm³/mol. The van der Waals surface area contributed by atoms with Crippen molar-refractivity contribution in [2.45, 2.75) is 12.8 Å². The smallest absolute Gasteiger partial charge is 1.00 e. The van der Waals surface area contributed by atoms with E-state index in [0.717, 1.165) is 12.8 Å². The average Bonchev–Trinajstić information content (AvgIpc) is 1.61. The Balaban J connectivity index is -0.0000000417. The van der Waals surface area contributed by atoms with Crippen molar-refractivity contribution in [1.82, 2.24) is 0 Å². The first-order chi connectivity index (χ1) is 2.91. The maximum atomic E-state index is 4.96. The summed E-state index contributed by atoms with van der Waals surface area (Å²) in [6.45, 7) is 0. The van der Waals surface area contributed by atoms with Gasteiger partial charge in [-0.25, -0.2) is 0 Å². The van der Waals surface area contributed by atoms with E-state index in [1.54, 1.807) is 0 Å². The van der Waals surface area contributed by atoms with Crippen LogP contribution < -0.4 is 24.8 Å². The summed E-state index contributed by atoms with van der Waals surface area (Å²) >= 11 is 2.32. The first kappa shape index (κ1) is 22.4. The molecule has 0 heterocycles. The van der Waals surface area contributed by atoms with Crippen molar-refractivity contribution < 1.29 is 24.8 Å². The number of terminal acetylenes is 1. The molecule has 0 aromatic carbocycles. The summed E-state index contributed by atoms with van der Waals surface area (Å²) in [6.07, 6.45) is 7.06. The molecule has 0 aromatic rings. The van der Waals surface area contributed by atoms with Crippen LogP contribution in [0.3, 0.4) is 0 Å². The van der Waals surface area contributed by atoms with Gasteiger partial charge < -0.3 is 24.8 Å². The Labute approximate surface area is 99.0 Å². The zero-order chi connectivity index (χ0) is 4.83. The van der Waals surface area contributed by atoms with E-state index in [-0.39, 0.29) is 47.9 Å². The topological polar surface area (TPSA) is 0 Å². The van der Waals surface area contributed by atoms with Crippen molar-refractivity contribution in [2.75, 3.05) is 4.43 Å². The molecule has 0 aliphatic rings. The first-order valence-electron chi connectivity index (χ1n) is 1.91. The van der Waals surface area contributed by atoms with Gasteiger partial charge in [-0.15, -0.1) is 12.3 Å². The summed E-state index contributed by atoms with van der Waals surface area (Å²) in [6, 6.07) is 0. The molecule has 9 heavy (non-hydrogen) atoms. The Morgan fingerprint density at radius 1 is 1.33 bits per heavy atom. The van der Waals surface area contributed by atoms with Gasteiger partial charge >= 0.3 is 23.1 Å². The quantitative estimate of drug-likeness (QED) is 0.158. The van der Waals surface area contributed by atoms with Crippen molar-refractivity contribution in [3.63, 3.8) is 0 Å². The number of alkyl halides is 1. The Bertz CT molecular complexity index is 62.5. The minimum absolute atomic E-state index is 0. The minimum Gasteiger partial charge on any atom is -1.00 e. The number of halogens is 3. The van der Waals surface area contributed by atoms with Gasteiger partial charge in [0.05, 0.1) is 0 Å². The molecule has 0 atom stereocenters. The molecule has 0 aliphatic carbocycles. The third kappa shape index (κ3) is 26.1. The maximum absolute atomic E-state index is 4.96. The summed E-state index contributed by atoms with van der Waals surface area (Å²) in [7, 11) is 0. The molecule has 0 radical (unpaired) electrons. The molecule has 0 aliphatic heterocycles. The van der Waals surface area contributed by atoms with Crippen LogP contribution in [-0.4, -0.2) is 27.5 Å². The van der Waals surface area contributed by atoms with Crippen LogP contribution in [0.1, 0.15) is 12.8 Å². The molecule has 0 spiro atoms. The molecule has 50 valence electrons. The van der Waals surface area contributed by atoms with Gasteiger partial charge in [0, 0.05) is 10.8 Å². The Morgan fingerprint density at radius 3 is 1.89 bits per heavy atom. The van der Waals surface area contributed by atoms with Gasteiger partial charge in [0.1, 0.15) is 0 Å². The normalized spacial score (nSPS) is 4.89. The van der Waals surface area contributed by atoms with E-state index in [1.165, 1.54) is 4.43 Å². The minimum atomic E-state index is 0. The van der Waals surface area contributed by atoms with Gasteiger partial charge in [-0.3, -0.25) is 0 Å². The predicted octanol–water partition coefficient (Wildman–Crippen LogP) is -4.54. The fraction of sp³-hybridized carbons (Fsp3) is 0.600. The summed E-state index contributed by atoms with van der Waals surface area (Å²) in [5.74, 6) is 2.56. The molecule has 0 saturated heterocycles. The Morgan fingerprint density at radius 2 is 1.78 bits per heavy atom. The van der Waals surface area contributed by atoms with E-state index < -0.39 is 0 Å². The van der Waals surface area contributed by atoms with Gasteiger partial charge in [0.15, 0.2) is 0 Å². The van der Waals surface area contributed by atoms with Crippen molar-refractivity contribution in [2.24, 2.45) is 0 Å². The van der Waals surface area contributed by atoms with E-state index in [4.69, 9.17) is 6.42 Å². The average molecular weight is 289 g/mol. The van der Waals surface area contributed by atoms with Crippen LogP contribution in [0.5, 0.6) is 0 Å². The van der Waals surface area contributed by atoms with Gasteiger partial charge in [0.2, 0.25) is 0 Å². The van der Waals surface area contributed by atoms with E-state index in [2.05, 4.69) is 28.5 Å². The molecule has 0 unspecified atom stereocenters. The molecule has 0 N–H and O–H groups in total. The van der Waals surface area contributed by atoms with Crippen LogP contribution in [0, 0.1) is 12.3 Å². The van der Waals surface area contributed by atoms with E-state index >= 15 is 0 Å². The monoisotopic (exact) mass is 288 g/mol. The third-order valence-electron chi connectivity index (χ3n) is 0.455. The third-order valence-corrected chi connectivity index (χ3v) is 1.22. The van der Waals surface area contributed by atoms with Crippen LogP contribution in [0.25, 0.3) is 0 Å². The van der Waals surface area contributed by atoms with E-state index in [9.17, 15) is 0 Å². The van der Waals surface area contributed by atoms with Crippen LogP contribution in [-0.2, 0) is 0 Å². The van der Waals surface area contributed by atoms with Gasteiger partial charge in [-0.05, 0) is 6.42 Å². The molecule has 0 amide bonds. The zero-order valence-corrected chi connectivity index (χ0v) is 10.1. The second kappa shape index (κ2) is 22.6. The molecule has 0 bridgehead atoms. The second-order valence-corrected chi connectivity index (χ2v) is 2.08. The molecular formula is C5H7Cl2IMg. The van der Waals surface area contributed by atoms with Gasteiger partial charge in [-0.2, -0.15) is 0 Å². The fourth-order valence-corrected chi connectivity index (χ4v) is 0.550. The molecule has 0 aromatic heterocycles. The summed E-state index contributed by atoms with van der Waals surface area (Å²) in [5, 5.41) is 0. The summed E-state index contributed by atoms with van der Waals surface area (Å²) < 4.78 is 1.18. The van der Waals surface area contributed by atoms with Crippen LogP contribution >= 0.6 is 22.6 Å². The molecule has 0 rings (SSSR count). The van der Waals surface area contributed by atoms with E-state index in [1.807, 2.05) is 0 Å². The largest absolute Gasteiger partial charge is 2.00 e. The van der Waals surface area contributed by atoms with Crippen LogP contribution in [0.15, 0.2) is 0 Å². The van der Waals surface area contributed by atoms with Crippen LogP contribution in [0.2, 0.25) is 0 Å². The number of hydrogen-bond acceptors (Lipinski definition) is 0. The van der Waals surface area contributed by atoms with Crippen molar-refractivity contribution >= 4 is 45.6 Å². The number of rotatable bonds is 2. The first-order valence-corrected chi connectivity index (χ1v) is 3.44. The Kier molecular flexibility index (Phi) is 56.4. The summed E-state index contributed by atoms with van der Waals surface area (Å²) in [5.41, 5.74) is 0. The van der Waals surface area contributed by atoms with Crippen molar-refractivity contribution in [3.05, 3.63) is 0 Å². The number of hydrogen-bond donors (Lipinski definition) is 0. The van der Waals surface area contributed by atoms with Crippen molar-refractivity contribution in [3.8, 4) is 12.3 Å². The zero-order valence-electron chi connectivity index (χ0n) is 5.04. The van der Waals surface area contributed by atoms with Crippen LogP contribution in [0.4, 0.5) is 0 Å². The Hall–Kier alpha value is 1.64. The second-order valence-electron chi connectivity index (χ2n) is 0.997. The molecule has 0 nitrogen and oxygen atoms in total. The standard InChI is InChI=1S/C5H7I.2ClH.Mg/c1-2-3-4-5-6;;;/h1H,3-5H2;2*1H;/q;;;+2/p-2. The number of unbranched alkanes of at least 4 members (excludes halogenated alkanes) is 1.